The first-order chi connectivity index (χ1) is 8.06. The molecule has 1 N–H and O–H groups in total. The normalized spacial score (nSPS) is 19.4. The molecule has 1 aliphatic carbocycles. The second-order valence-corrected chi connectivity index (χ2v) is 5.57. The van der Waals surface area contributed by atoms with E-state index in [1.807, 2.05) is 7.05 Å². The van der Waals surface area contributed by atoms with Gasteiger partial charge in [0, 0.05) is 17.8 Å². The lowest BCUT2D eigenvalue weighted by atomic mass is 9.99. The number of nitrogens with one attached hydrogen (secondary N) is 1. The van der Waals surface area contributed by atoms with E-state index in [2.05, 4.69) is 37.7 Å². The highest BCUT2D eigenvalue weighted by molar-refractivity contribution is 5.29. The SMILES string of the molecule is CNCC(C)c1c(C)nn(C(C)C2CC2)c1C. The summed E-state index contributed by atoms with van der Waals surface area (Å²) in [4.78, 5) is 0. The average molecular weight is 235 g/mol. The number of aromatic nitrogens is 2. The molecule has 1 aromatic rings. The molecule has 1 aromatic heterocycles. The Morgan fingerprint density at radius 3 is 2.53 bits per heavy atom. The lowest BCUT2D eigenvalue weighted by Gasteiger charge is -2.15. The largest absolute Gasteiger partial charge is 0.319 e. The second-order valence-electron chi connectivity index (χ2n) is 5.57. The summed E-state index contributed by atoms with van der Waals surface area (Å²) >= 11 is 0. The molecule has 2 atom stereocenters. The molecule has 96 valence electrons. The van der Waals surface area contributed by atoms with Crippen LogP contribution in [0.1, 0.15) is 55.6 Å². The first-order valence-corrected chi connectivity index (χ1v) is 6.76. The van der Waals surface area contributed by atoms with Gasteiger partial charge in [0.15, 0.2) is 0 Å². The van der Waals surface area contributed by atoms with Crippen LogP contribution < -0.4 is 5.32 Å². The fraction of sp³-hybridized carbons (Fsp3) is 0.786. The first kappa shape index (κ1) is 12.6. The van der Waals surface area contributed by atoms with Gasteiger partial charge in [-0.15, -0.1) is 0 Å². The van der Waals surface area contributed by atoms with Crippen molar-refractivity contribution in [2.45, 2.75) is 52.5 Å². The number of hydrogen-bond acceptors (Lipinski definition) is 2. The van der Waals surface area contributed by atoms with Gasteiger partial charge in [-0.2, -0.15) is 5.10 Å². The molecule has 17 heavy (non-hydrogen) atoms. The van der Waals surface area contributed by atoms with Crippen molar-refractivity contribution in [2.75, 3.05) is 13.6 Å². The quantitative estimate of drug-likeness (QED) is 0.850. The van der Waals surface area contributed by atoms with Crippen LogP contribution in [0.4, 0.5) is 0 Å². The van der Waals surface area contributed by atoms with Gasteiger partial charge < -0.3 is 5.32 Å². The van der Waals surface area contributed by atoms with Gasteiger partial charge in [-0.1, -0.05) is 6.92 Å². The Bertz CT molecular complexity index is 390. The molecule has 0 saturated heterocycles. The van der Waals surface area contributed by atoms with Crippen molar-refractivity contribution < 1.29 is 0 Å². The third kappa shape index (κ3) is 2.39. The maximum atomic E-state index is 4.76. The van der Waals surface area contributed by atoms with Crippen LogP contribution in [0.25, 0.3) is 0 Å². The summed E-state index contributed by atoms with van der Waals surface area (Å²) in [6.45, 7) is 9.97. The summed E-state index contributed by atoms with van der Waals surface area (Å²) in [5, 5.41) is 8.02. The molecule has 1 fully saturated rings. The van der Waals surface area contributed by atoms with Crippen LogP contribution in [0.15, 0.2) is 0 Å². The number of likely N-dealkylation sites (N-methyl/N-ethyl adjacent to an activating group) is 1. The highest BCUT2D eigenvalue weighted by Gasteiger charge is 2.31. The fourth-order valence-electron chi connectivity index (χ4n) is 2.97. The maximum absolute atomic E-state index is 4.76. The van der Waals surface area contributed by atoms with Gasteiger partial charge in [0.25, 0.3) is 0 Å². The number of nitrogens with zero attached hydrogens (tertiary/aromatic N) is 2. The van der Waals surface area contributed by atoms with Crippen molar-refractivity contribution in [3.8, 4) is 0 Å². The van der Waals surface area contributed by atoms with Crippen LogP contribution in [0.2, 0.25) is 0 Å². The maximum Gasteiger partial charge on any atom is 0.0631 e. The summed E-state index contributed by atoms with van der Waals surface area (Å²) in [7, 11) is 2.01. The molecule has 0 amide bonds. The number of aryl methyl sites for hydroxylation is 1. The standard InChI is InChI=1S/C14H25N3/c1-9(8-15-5)14-10(2)16-17(12(14)4)11(3)13-6-7-13/h9,11,13,15H,6-8H2,1-5H3. The lowest BCUT2D eigenvalue weighted by molar-refractivity contribution is 0.428. The highest BCUT2D eigenvalue weighted by Crippen LogP contribution is 2.40. The number of rotatable bonds is 5. The Morgan fingerprint density at radius 1 is 1.35 bits per heavy atom. The van der Waals surface area contributed by atoms with Crippen molar-refractivity contribution in [1.29, 1.82) is 0 Å². The van der Waals surface area contributed by atoms with Gasteiger partial charge in [-0.25, -0.2) is 0 Å². The van der Waals surface area contributed by atoms with Crippen LogP contribution in [0.3, 0.4) is 0 Å². The molecule has 0 spiro atoms. The van der Waals surface area contributed by atoms with E-state index in [0.717, 1.165) is 12.5 Å². The minimum absolute atomic E-state index is 0.542. The van der Waals surface area contributed by atoms with Crippen LogP contribution in [-0.4, -0.2) is 23.4 Å². The summed E-state index contributed by atoms with van der Waals surface area (Å²) < 4.78 is 2.26. The summed E-state index contributed by atoms with van der Waals surface area (Å²) in [5.41, 5.74) is 4.01. The van der Waals surface area contributed by atoms with E-state index >= 15 is 0 Å². The van der Waals surface area contributed by atoms with Crippen LogP contribution >= 0.6 is 0 Å². The van der Waals surface area contributed by atoms with Crippen LogP contribution in [-0.2, 0) is 0 Å². The van der Waals surface area contributed by atoms with Crippen molar-refractivity contribution >= 4 is 0 Å². The first-order valence-electron chi connectivity index (χ1n) is 6.76. The monoisotopic (exact) mass is 235 g/mol. The fourth-order valence-corrected chi connectivity index (χ4v) is 2.97. The van der Waals surface area contributed by atoms with Gasteiger partial charge in [-0.05, 0) is 52.5 Å². The Labute approximate surface area is 105 Å². The van der Waals surface area contributed by atoms with Gasteiger partial charge in [0.1, 0.15) is 0 Å². The van der Waals surface area contributed by atoms with E-state index in [0.29, 0.717) is 12.0 Å². The van der Waals surface area contributed by atoms with E-state index in [1.54, 1.807) is 0 Å². The van der Waals surface area contributed by atoms with Gasteiger partial charge in [0.05, 0.1) is 11.7 Å². The Hall–Kier alpha value is -0.830. The molecule has 2 rings (SSSR count). The third-order valence-electron chi connectivity index (χ3n) is 4.07. The smallest absolute Gasteiger partial charge is 0.0631 e. The summed E-state index contributed by atoms with van der Waals surface area (Å²) in [6.07, 6.45) is 2.75. The molecule has 2 unspecified atom stereocenters. The van der Waals surface area contributed by atoms with Gasteiger partial charge in [-0.3, -0.25) is 4.68 Å². The second kappa shape index (κ2) is 4.81. The summed E-state index contributed by atoms with van der Waals surface area (Å²) in [6, 6.07) is 0.573. The molecular weight excluding hydrogens is 210 g/mol. The van der Waals surface area contributed by atoms with Crippen molar-refractivity contribution in [3.05, 3.63) is 17.0 Å². The molecule has 0 aliphatic heterocycles. The predicted octanol–water partition coefficient (Wildman–Crippen LogP) is 2.79. The zero-order valence-electron chi connectivity index (χ0n) is 11.7. The van der Waals surface area contributed by atoms with Gasteiger partial charge >= 0.3 is 0 Å². The molecule has 1 aliphatic rings. The highest BCUT2D eigenvalue weighted by atomic mass is 15.3. The molecule has 1 heterocycles. The Balaban J connectivity index is 2.27. The van der Waals surface area contributed by atoms with Crippen LogP contribution in [0.5, 0.6) is 0 Å². The van der Waals surface area contributed by atoms with Gasteiger partial charge in [0.2, 0.25) is 0 Å². The van der Waals surface area contributed by atoms with Crippen molar-refractivity contribution in [2.24, 2.45) is 5.92 Å². The topological polar surface area (TPSA) is 29.9 Å². The van der Waals surface area contributed by atoms with E-state index < -0.39 is 0 Å². The van der Waals surface area contributed by atoms with E-state index in [1.165, 1.54) is 29.8 Å². The molecule has 0 bridgehead atoms. The molecule has 0 aromatic carbocycles. The zero-order chi connectivity index (χ0) is 12.6. The van der Waals surface area contributed by atoms with E-state index in [4.69, 9.17) is 5.10 Å². The zero-order valence-corrected chi connectivity index (χ0v) is 11.7. The molecule has 1 saturated carbocycles. The number of hydrogen-bond donors (Lipinski definition) is 1. The lowest BCUT2D eigenvalue weighted by Crippen LogP contribution is -2.16. The average Bonchev–Trinajstić information content (AvgIpc) is 3.05. The molecule has 0 radical (unpaired) electrons. The Kier molecular flexibility index (Phi) is 3.57. The van der Waals surface area contributed by atoms with E-state index in [-0.39, 0.29) is 0 Å². The summed E-state index contributed by atoms with van der Waals surface area (Å²) in [5.74, 6) is 1.40. The molecule has 3 heteroatoms. The van der Waals surface area contributed by atoms with E-state index in [9.17, 15) is 0 Å². The predicted molar refractivity (Wildman–Crippen MR) is 71.5 cm³/mol. The van der Waals surface area contributed by atoms with Crippen molar-refractivity contribution in [3.63, 3.8) is 0 Å². The minimum atomic E-state index is 0.542. The third-order valence-corrected chi connectivity index (χ3v) is 4.07. The molecular formula is C14H25N3. The molecule has 3 nitrogen and oxygen atoms in total. The minimum Gasteiger partial charge on any atom is -0.319 e. The van der Waals surface area contributed by atoms with Crippen molar-refractivity contribution in [1.82, 2.24) is 15.1 Å². The Morgan fingerprint density at radius 2 is 2.00 bits per heavy atom. The van der Waals surface area contributed by atoms with Crippen LogP contribution in [0, 0.1) is 19.8 Å².